The van der Waals surface area contributed by atoms with Gasteiger partial charge in [-0.15, -0.1) is 0 Å². The van der Waals surface area contributed by atoms with Crippen molar-refractivity contribution in [3.05, 3.63) is 0 Å². The van der Waals surface area contributed by atoms with Gasteiger partial charge in [-0.25, -0.2) is 0 Å². The maximum Gasteiger partial charge on any atom is 0.184 e. The second kappa shape index (κ2) is 7.43. The fourth-order valence-electron chi connectivity index (χ4n) is 8.89. The predicted molar refractivity (Wildman–Crippen MR) is 133 cm³/mol. The normalized spacial score (nSPS) is 49.3. The van der Waals surface area contributed by atoms with E-state index in [4.69, 9.17) is 8.85 Å². The van der Waals surface area contributed by atoms with E-state index in [1.165, 1.54) is 57.8 Å². The number of hydrogen-bond acceptors (Lipinski definition) is 2. The summed E-state index contributed by atoms with van der Waals surface area (Å²) in [6, 6.07) is 0. The van der Waals surface area contributed by atoms with Gasteiger partial charge in [0.25, 0.3) is 0 Å². The van der Waals surface area contributed by atoms with Crippen LogP contribution in [-0.4, -0.2) is 28.3 Å². The third kappa shape index (κ3) is 3.94. The van der Waals surface area contributed by atoms with Crippen LogP contribution in [0.3, 0.4) is 0 Å². The van der Waals surface area contributed by atoms with Crippen LogP contribution in [0, 0.1) is 34.5 Å². The zero-order valence-electron chi connectivity index (χ0n) is 21.6. The lowest BCUT2D eigenvalue weighted by atomic mass is 9.44. The summed E-state index contributed by atoms with van der Waals surface area (Å²) in [6.45, 7) is 22.0. The van der Waals surface area contributed by atoms with E-state index in [0.717, 1.165) is 23.7 Å². The van der Waals surface area contributed by atoms with E-state index < -0.39 is 16.6 Å². The molecule has 4 aliphatic carbocycles. The molecule has 4 heteroatoms. The predicted octanol–water partition coefficient (Wildman–Crippen LogP) is 7.86. The largest absolute Gasteiger partial charge is 0.415 e. The van der Waals surface area contributed by atoms with Gasteiger partial charge < -0.3 is 8.85 Å². The Labute approximate surface area is 189 Å². The third-order valence-electron chi connectivity index (χ3n) is 10.2. The molecule has 0 spiro atoms. The van der Waals surface area contributed by atoms with Crippen molar-refractivity contribution in [1.29, 1.82) is 0 Å². The first-order chi connectivity index (χ1) is 13.7. The van der Waals surface area contributed by atoms with Gasteiger partial charge >= 0.3 is 0 Å². The molecule has 0 saturated heterocycles. The van der Waals surface area contributed by atoms with Crippen molar-refractivity contribution in [3.63, 3.8) is 0 Å². The van der Waals surface area contributed by atoms with Crippen LogP contribution >= 0.6 is 0 Å². The first kappa shape index (κ1) is 23.5. The van der Waals surface area contributed by atoms with Gasteiger partial charge in [0.2, 0.25) is 0 Å². The quantitative estimate of drug-likeness (QED) is 0.406. The molecule has 0 aliphatic heterocycles. The fraction of sp³-hybridized carbons (Fsp3) is 1.00. The maximum atomic E-state index is 6.96. The van der Waals surface area contributed by atoms with Crippen molar-refractivity contribution in [1.82, 2.24) is 0 Å². The van der Waals surface area contributed by atoms with Crippen LogP contribution in [0.25, 0.3) is 0 Å². The maximum absolute atomic E-state index is 6.96. The molecule has 0 radical (unpaired) electrons. The summed E-state index contributed by atoms with van der Waals surface area (Å²) in [5.74, 6) is 3.65. The first-order valence-corrected chi connectivity index (χ1v) is 19.9. The molecule has 8 atom stereocenters. The van der Waals surface area contributed by atoms with Crippen molar-refractivity contribution in [3.8, 4) is 0 Å². The molecular formula is C26H50O2Si2. The van der Waals surface area contributed by atoms with Crippen LogP contribution in [0.4, 0.5) is 0 Å². The van der Waals surface area contributed by atoms with Crippen molar-refractivity contribution in [2.75, 3.05) is 0 Å². The van der Waals surface area contributed by atoms with Crippen LogP contribution in [0.15, 0.2) is 0 Å². The molecule has 4 rings (SSSR count). The van der Waals surface area contributed by atoms with Gasteiger partial charge in [-0.3, -0.25) is 0 Å². The summed E-state index contributed by atoms with van der Waals surface area (Å²) in [5, 5.41) is 0. The monoisotopic (exact) mass is 450 g/mol. The summed E-state index contributed by atoms with van der Waals surface area (Å²) < 4.78 is 13.6. The highest BCUT2D eigenvalue weighted by Crippen LogP contribution is 2.69. The average Bonchev–Trinajstić information content (AvgIpc) is 2.83. The zero-order valence-corrected chi connectivity index (χ0v) is 23.6. The van der Waals surface area contributed by atoms with Gasteiger partial charge in [0.05, 0.1) is 5.60 Å². The molecule has 0 amide bonds. The molecule has 0 heterocycles. The van der Waals surface area contributed by atoms with E-state index in [2.05, 4.69) is 60.1 Å². The lowest BCUT2D eigenvalue weighted by Gasteiger charge is -2.62. The molecular weight excluding hydrogens is 400 g/mol. The smallest absolute Gasteiger partial charge is 0.184 e. The summed E-state index contributed by atoms with van der Waals surface area (Å²) in [4.78, 5) is 0. The van der Waals surface area contributed by atoms with E-state index in [1.807, 2.05) is 0 Å². The molecule has 30 heavy (non-hydrogen) atoms. The van der Waals surface area contributed by atoms with Gasteiger partial charge in [-0.1, -0.05) is 13.8 Å². The summed E-state index contributed by atoms with van der Waals surface area (Å²) in [7, 11) is -2.98. The Kier molecular flexibility index (Phi) is 5.82. The van der Waals surface area contributed by atoms with Crippen molar-refractivity contribution in [2.24, 2.45) is 34.5 Å². The summed E-state index contributed by atoms with van der Waals surface area (Å²) in [6.07, 6.45) is 13.0. The number of fused-ring (bicyclic) bond motifs is 5. The van der Waals surface area contributed by atoms with Crippen molar-refractivity contribution >= 4 is 16.6 Å². The van der Waals surface area contributed by atoms with Crippen LogP contribution < -0.4 is 0 Å². The molecule has 0 aromatic rings. The standard InChI is InChI=1S/C26H50O2Si2/c1-24-15-12-20(27-29(4,5)6)18-19(24)10-11-21-22(24)13-16-25(2)23(21)14-17-26(25,3)28-30(7,8)9/h19-23H,10-18H2,1-9H3/t19-,20+,21?,22?,23?,24?,25?,26+/m1/s1. The van der Waals surface area contributed by atoms with E-state index >= 15 is 0 Å². The third-order valence-corrected chi connectivity index (χ3v) is 12.3. The fourth-order valence-corrected chi connectivity index (χ4v) is 11.8. The number of rotatable bonds is 4. The Morgan fingerprint density at radius 3 is 2.00 bits per heavy atom. The molecule has 174 valence electrons. The highest BCUT2D eigenvalue weighted by atomic mass is 28.4. The second-order valence-electron chi connectivity index (χ2n) is 14.2. The number of hydrogen-bond donors (Lipinski definition) is 0. The van der Waals surface area contributed by atoms with E-state index in [-0.39, 0.29) is 5.60 Å². The molecule has 0 bridgehead atoms. The minimum atomic E-state index is -1.54. The molecule has 0 N–H and O–H groups in total. The second-order valence-corrected chi connectivity index (χ2v) is 23.1. The van der Waals surface area contributed by atoms with Crippen LogP contribution in [-0.2, 0) is 8.85 Å². The van der Waals surface area contributed by atoms with Crippen LogP contribution in [0.1, 0.15) is 78.6 Å². The summed E-state index contributed by atoms with van der Waals surface area (Å²) >= 11 is 0. The molecule has 5 unspecified atom stereocenters. The topological polar surface area (TPSA) is 18.5 Å². The minimum absolute atomic E-state index is 0.105. The average molecular weight is 451 g/mol. The highest BCUT2D eigenvalue weighted by molar-refractivity contribution is 6.70. The van der Waals surface area contributed by atoms with Gasteiger partial charge in [-0.05, 0) is 138 Å². The Balaban J connectivity index is 1.52. The van der Waals surface area contributed by atoms with Gasteiger partial charge in [-0.2, -0.15) is 0 Å². The lowest BCUT2D eigenvalue weighted by molar-refractivity contribution is -0.148. The Hall–Kier alpha value is 0.354. The minimum Gasteiger partial charge on any atom is -0.415 e. The summed E-state index contributed by atoms with van der Waals surface area (Å²) in [5.41, 5.74) is 1.05. The van der Waals surface area contributed by atoms with Crippen molar-refractivity contribution < 1.29 is 8.85 Å². The molecule has 4 saturated carbocycles. The molecule has 4 aliphatic rings. The zero-order chi connectivity index (χ0) is 22.2. The van der Waals surface area contributed by atoms with Gasteiger partial charge in [0.1, 0.15) is 0 Å². The van der Waals surface area contributed by atoms with Crippen LogP contribution in [0.2, 0.25) is 39.3 Å². The molecule has 0 aromatic heterocycles. The van der Waals surface area contributed by atoms with E-state index in [9.17, 15) is 0 Å². The lowest BCUT2D eigenvalue weighted by Crippen LogP contribution is -2.58. The van der Waals surface area contributed by atoms with Crippen LogP contribution in [0.5, 0.6) is 0 Å². The van der Waals surface area contributed by atoms with Gasteiger partial charge in [0, 0.05) is 6.10 Å². The Bertz CT molecular complexity index is 652. The van der Waals surface area contributed by atoms with Gasteiger partial charge in [0.15, 0.2) is 16.6 Å². The van der Waals surface area contributed by atoms with E-state index in [0.29, 0.717) is 16.9 Å². The Morgan fingerprint density at radius 2 is 1.37 bits per heavy atom. The molecule has 4 fully saturated rings. The SMILES string of the molecule is CC12CC[C@H](O[Si](C)(C)C)C[C@H]1CCC1C2CCC2(C)C1CC[C@]2(C)O[Si](C)(C)C. The first-order valence-electron chi connectivity index (χ1n) is 13.0. The molecule has 0 aromatic carbocycles. The highest BCUT2D eigenvalue weighted by Gasteiger charge is 2.64. The van der Waals surface area contributed by atoms with E-state index in [1.54, 1.807) is 0 Å². The van der Waals surface area contributed by atoms with Crippen molar-refractivity contribution in [2.45, 2.75) is 130 Å². The molecule has 2 nitrogen and oxygen atoms in total. The Morgan fingerprint density at radius 1 is 0.700 bits per heavy atom.